The topological polar surface area (TPSA) is 94.0 Å². The average Bonchev–Trinajstić information content (AvgIpc) is 2.91. The van der Waals surface area contributed by atoms with E-state index in [4.69, 9.17) is 11.6 Å². The molecule has 3 N–H and O–H groups in total. The number of rotatable bonds is 7. The number of thioether (sulfide) groups is 1. The van der Waals surface area contributed by atoms with Gasteiger partial charge in [-0.05, 0) is 67.8 Å². The van der Waals surface area contributed by atoms with E-state index in [1.54, 1.807) is 31.2 Å². The van der Waals surface area contributed by atoms with E-state index in [1.807, 2.05) is 62.4 Å². The van der Waals surface area contributed by atoms with Crippen LogP contribution in [-0.2, 0) is 9.59 Å². The number of carbonyl (C=O) groups excluding carboxylic acids is 2. The molecule has 1 aliphatic heterocycles. The molecule has 3 aromatic rings. The van der Waals surface area contributed by atoms with Gasteiger partial charge in [-0.25, -0.2) is 0 Å². The number of anilines is 2. The van der Waals surface area contributed by atoms with E-state index in [0.717, 1.165) is 22.4 Å². The Morgan fingerprint density at radius 1 is 0.974 bits per heavy atom. The number of nitrogens with one attached hydrogen (secondary N) is 3. The third-order valence-corrected chi connectivity index (χ3v) is 7.62. The molecule has 1 aliphatic rings. The Morgan fingerprint density at radius 3 is 2.37 bits per heavy atom. The first-order chi connectivity index (χ1) is 18.3. The highest BCUT2D eigenvalue weighted by Crippen LogP contribution is 2.41. The van der Waals surface area contributed by atoms with Crippen molar-refractivity contribution in [3.63, 3.8) is 0 Å². The van der Waals surface area contributed by atoms with Crippen LogP contribution in [0.3, 0.4) is 0 Å². The van der Waals surface area contributed by atoms with Crippen LogP contribution in [0.4, 0.5) is 11.4 Å². The molecule has 1 atom stereocenters. The molecule has 0 saturated heterocycles. The van der Waals surface area contributed by atoms with E-state index in [2.05, 4.69) is 22.0 Å². The zero-order chi connectivity index (χ0) is 27.2. The van der Waals surface area contributed by atoms with Gasteiger partial charge in [0.25, 0.3) is 5.91 Å². The zero-order valence-corrected chi connectivity index (χ0v) is 22.8. The molecule has 0 radical (unpaired) electrons. The van der Waals surface area contributed by atoms with Gasteiger partial charge in [-0.3, -0.25) is 9.59 Å². The molecule has 0 fully saturated rings. The Kier molecular flexibility index (Phi) is 8.57. The number of hydrogen-bond donors (Lipinski definition) is 3. The standard InChI is InChI=1S/C30H27ClN4O2S/c1-18-8-7-11-25(19(18)2)35-26(36)17-38-30-24(16-32)28(21-9-5-4-6-10-21)27(20(3)33-30)29(37)34-23-14-12-22(31)13-15-23/h4-15,28,33H,17H2,1-3H3,(H,34,37)(H,35,36). The van der Waals surface area contributed by atoms with E-state index < -0.39 is 5.92 Å². The lowest BCUT2D eigenvalue weighted by molar-refractivity contribution is -0.114. The molecule has 0 aromatic heterocycles. The van der Waals surface area contributed by atoms with Crippen LogP contribution < -0.4 is 16.0 Å². The van der Waals surface area contributed by atoms with E-state index >= 15 is 0 Å². The number of allylic oxidation sites excluding steroid dienone is 2. The van der Waals surface area contributed by atoms with Gasteiger partial charge in [0.05, 0.1) is 28.3 Å². The molecule has 3 aromatic carbocycles. The number of carbonyl (C=O) groups is 2. The van der Waals surface area contributed by atoms with Crippen molar-refractivity contribution in [2.45, 2.75) is 26.7 Å². The summed E-state index contributed by atoms with van der Waals surface area (Å²) < 4.78 is 0. The number of halogens is 1. The number of amides is 2. The van der Waals surface area contributed by atoms with Crippen molar-refractivity contribution in [3.05, 3.63) is 116 Å². The monoisotopic (exact) mass is 542 g/mol. The van der Waals surface area contributed by atoms with E-state index in [0.29, 0.717) is 32.6 Å². The average molecular weight is 543 g/mol. The fourth-order valence-corrected chi connectivity index (χ4v) is 5.27. The second-order valence-electron chi connectivity index (χ2n) is 8.91. The molecule has 2 amide bonds. The molecule has 38 heavy (non-hydrogen) atoms. The largest absolute Gasteiger partial charge is 0.353 e. The van der Waals surface area contributed by atoms with Crippen molar-refractivity contribution in [2.24, 2.45) is 0 Å². The number of aryl methyl sites for hydroxylation is 1. The molecule has 0 spiro atoms. The second-order valence-corrected chi connectivity index (χ2v) is 10.3. The van der Waals surface area contributed by atoms with Crippen LogP contribution in [0.15, 0.2) is 94.7 Å². The maximum absolute atomic E-state index is 13.5. The minimum absolute atomic E-state index is 0.0992. The summed E-state index contributed by atoms with van der Waals surface area (Å²) in [5.41, 5.74) is 5.70. The number of benzene rings is 3. The van der Waals surface area contributed by atoms with Gasteiger partial charge in [-0.15, -0.1) is 0 Å². The lowest BCUT2D eigenvalue weighted by Crippen LogP contribution is -2.31. The molecule has 8 heteroatoms. The second kappa shape index (κ2) is 12.0. The predicted molar refractivity (Wildman–Crippen MR) is 155 cm³/mol. The van der Waals surface area contributed by atoms with Gasteiger partial charge < -0.3 is 16.0 Å². The summed E-state index contributed by atoms with van der Waals surface area (Å²) in [6.07, 6.45) is 0. The zero-order valence-electron chi connectivity index (χ0n) is 21.3. The molecule has 1 unspecified atom stereocenters. The summed E-state index contributed by atoms with van der Waals surface area (Å²) >= 11 is 7.23. The quantitative estimate of drug-likeness (QED) is 0.310. The highest BCUT2D eigenvalue weighted by Gasteiger charge is 2.34. The Bertz CT molecular complexity index is 1470. The molecule has 0 bridgehead atoms. The van der Waals surface area contributed by atoms with Crippen molar-refractivity contribution in [3.8, 4) is 6.07 Å². The minimum Gasteiger partial charge on any atom is -0.353 e. The summed E-state index contributed by atoms with van der Waals surface area (Å²) in [6.45, 7) is 5.76. The van der Waals surface area contributed by atoms with Gasteiger partial charge in [0.15, 0.2) is 0 Å². The van der Waals surface area contributed by atoms with Crippen molar-refractivity contribution in [1.82, 2.24) is 5.32 Å². The van der Waals surface area contributed by atoms with Gasteiger partial charge in [0, 0.05) is 27.7 Å². The lowest BCUT2D eigenvalue weighted by atomic mass is 9.82. The summed E-state index contributed by atoms with van der Waals surface area (Å²) in [6, 6.07) is 24.3. The lowest BCUT2D eigenvalue weighted by Gasteiger charge is -2.30. The number of nitrogens with zero attached hydrogens (tertiary/aromatic N) is 1. The van der Waals surface area contributed by atoms with Crippen LogP contribution in [0.1, 0.15) is 29.5 Å². The summed E-state index contributed by atoms with van der Waals surface area (Å²) in [5, 5.41) is 20.5. The van der Waals surface area contributed by atoms with Crippen LogP contribution in [0.2, 0.25) is 5.02 Å². The number of nitriles is 1. The predicted octanol–water partition coefficient (Wildman–Crippen LogP) is 6.66. The van der Waals surface area contributed by atoms with E-state index in [-0.39, 0.29) is 17.6 Å². The molecule has 1 heterocycles. The van der Waals surface area contributed by atoms with Crippen molar-refractivity contribution in [2.75, 3.05) is 16.4 Å². The number of hydrogen-bond acceptors (Lipinski definition) is 5. The van der Waals surface area contributed by atoms with E-state index in [9.17, 15) is 14.9 Å². The minimum atomic E-state index is -0.598. The highest BCUT2D eigenvalue weighted by atomic mass is 35.5. The Labute approximate surface area is 231 Å². The van der Waals surface area contributed by atoms with Gasteiger partial charge in [0.1, 0.15) is 0 Å². The van der Waals surface area contributed by atoms with Crippen LogP contribution in [-0.4, -0.2) is 17.6 Å². The van der Waals surface area contributed by atoms with Crippen molar-refractivity contribution >= 4 is 46.6 Å². The molecule has 6 nitrogen and oxygen atoms in total. The molecule has 0 aliphatic carbocycles. The molecular weight excluding hydrogens is 516 g/mol. The molecular formula is C30H27ClN4O2S. The first-order valence-corrected chi connectivity index (χ1v) is 13.4. The fraction of sp³-hybridized carbons (Fsp3) is 0.167. The molecule has 192 valence electrons. The fourth-order valence-electron chi connectivity index (χ4n) is 4.25. The Hall–Kier alpha value is -3.99. The Balaban J connectivity index is 1.61. The third kappa shape index (κ3) is 6.10. The maximum Gasteiger partial charge on any atom is 0.254 e. The SMILES string of the molecule is CC1=C(C(=O)Nc2ccc(Cl)cc2)C(c2ccccc2)C(C#N)=C(SCC(=O)Nc2cccc(C)c2C)N1. The normalized spacial score (nSPS) is 15.0. The van der Waals surface area contributed by atoms with Crippen molar-refractivity contribution in [1.29, 1.82) is 5.26 Å². The van der Waals surface area contributed by atoms with Crippen LogP contribution in [0.25, 0.3) is 0 Å². The van der Waals surface area contributed by atoms with Crippen LogP contribution in [0.5, 0.6) is 0 Å². The third-order valence-electron chi connectivity index (χ3n) is 6.35. The van der Waals surface area contributed by atoms with Crippen LogP contribution in [0, 0.1) is 25.2 Å². The van der Waals surface area contributed by atoms with Gasteiger partial charge in [-0.1, -0.05) is 65.8 Å². The summed E-state index contributed by atoms with van der Waals surface area (Å²) in [7, 11) is 0. The highest BCUT2D eigenvalue weighted by molar-refractivity contribution is 8.03. The first-order valence-electron chi connectivity index (χ1n) is 12.0. The smallest absolute Gasteiger partial charge is 0.254 e. The molecule has 0 saturated carbocycles. The molecule has 4 rings (SSSR count). The van der Waals surface area contributed by atoms with Gasteiger partial charge >= 0.3 is 0 Å². The number of dihydropyridines is 1. The summed E-state index contributed by atoms with van der Waals surface area (Å²) in [4.78, 5) is 26.3. The van der Waals surface area contributed by atoms with E-state index in [1.165, 1.54) is 11.8 Å². The van der Waals surface area contributed by atoms with Gasteiger partial charge in [-0.2, -0.15) is 5.26 Å². The first kappa shape index (κ1) is 27.1. The van der Waals surface area contributed by atoms with Crippen LogP contribution >= 0.6 is 23.4 Å². The maximum atomic E-state index is 13.5. The van der Waals surface area contributed by atoms with Gasteiger partial charge in [0.2, 0.25) is 5.91 Å². The summed E-state index contributed by atoms with van der Waals surface area (Å²) in [5.74, 6) is -1.00. The Morgan fingerprint density at radius 2 is 1.68 bits per heavy atom. The van der Waals surface area contributed by atoms with Crippen molar-refractivity contribution < 1.29 is 9.59 Å².